The lowest BCUT2D eigenvalue weighted by Gasteiger charge is -2.08. The van der Waals surface area contributed by atoms with Gasteiger partial charge in [0.05, 0.1) is 36.0 Å². The molecule has 5 nitrogen and oxygen atoms in total. The zero-order chi connectivity index (χ0) is 15.2. The number of carboxylic acid groups (broad SMARTS) is 1. The van der Waals surface area contributed by atoms with E-state index < -0.39 is 5.97 Å². The van der Waals surface area contributed by atoms with Crippen molar-refractivity contribution < 1.29 is 23.8 Å². The van der Waals surface area contributed by atoms with Gasteiger partial charge in [-0.1, -0.05) is 0 Å². The number of methoxy groups -OCH3 is 1. The van der Waals surface area contributed by atoms with Crippen LogP contribution in [0.25, 0.3) is 0 Å². The summed E-state index contributed by atoms with van der Waals surface area (Å²) in [6, 6.07) is 7.87. The first kappa shape index (κ1) is 15.2. The van der Waals surface area contributed by atoms with Gasteiger partial charge < -0.3 is 14.3 Å². The van der Waals surface area contributed by atoms with Crippen molar-refractivity contribution in [2.45, 2.75) is 5.75 Å². The Morgan fingerprint density at radius 3 is 2.76 bits per heavy atom. The first-order valence-corrected chi connectivity index (χ1v) is 7.32. The second kappa shape index (κ2) is 6.99. The van der Waals surface area contributed by atoms with Crippen molar-refractivity contribution in [3.8, 4) is 5.75 Å². The van der Waals surface area contributed by atoms with E-state index in [1.165, 1.54) is 37.1 Å². The smallest absolute Gasteiger partial charge is 0.335 e. The summed E-state index contributed by atoms with van der Waals surface area (Å²) in [5.41, 5.74) is 0.347. The van der Waals surface area contributed by atoms with Crippen molar-refractivity contribution in [3.05, 3.63) is 53.5 Å². The predicted molar refractivity (Wildman–Crippen MR) is 79.2 cm³/mol. The molecule has 6 heteroatoms. The number of hydrogen-bond acceptors (Lipinski definition) is 5. The zero-order valence-electron chi connectivity index (χ0n) is 11.4. The predicted octanol–water partition coefficient (Wildman–Crippen LogP) is 3.10. The molecular weight excluding hydrogens is 292 g/mol. The van der Waals surface area contributed by atoms with Gasteiger partial charge in [-0.05, 0) is 30.3 Å². The minimum absolute atomic E-state index is 0.0650. The maximum Gasteiger partial charge on any atom is 0.335 e. The van der Waals surface area contributed by atoms with Crippen LogP contribution in [-0.4, -0.2) is 29.7 Å². The van der Waals surface area contributed by atoms with Gasteiger partial charge in [0.2, 0.25) is 0 Å². The highest BCUT2D eigenvalue weighted by molar-refractivity contribution is 7.99. The van der Waals surface area contributed by atoms with Gasteiger partial charge in [-0.3, -0.25) is 4.79 Å². The Morgan fingerprint density at radius 1 is 1.33 bits per heavy atom. The average molecular weight is 306 g/mol. The van der Waals surface area contributed by atoms with Crippen LogP contribution in [-0.2, 0) is 5.75 Å². The highest BCUT2D eigenvalue weighted by Crippen LogP contribution is 2.23. The summed E-state index contributed by atoms with van der Waals surface area (Å²) in [6.07, 6.45) is 1.58. The lowest BCUT2D eigenvalue weighted by atomic mass is 10.1. The summed E-state index contributed by atoms with van der Waals surface area (Å²) in [6.45, 7) is 0. The number of benzene rings is 1. The lowest BCUT2D eigenvalue weighted by molar-refractivity contribution is 0.0697. The van der Waals surface area contributed by atoms with Crippen LogP contribution in [0.5, 0.6) is 5.75 Å². The van der Waals surface area contributed by atoms with Crippen molar-refractivity contribution in [2.75, 3.05) is 12.9 Å². The molecule has 0 saturated heterocycles. The Morgan fingerprint density at radius 2 is 2.14 bits per heavy atom. The molecule has 0 aliphatic rings. The van der Waals surface area contributed by atoms with E-state index in [2.05, 4.69) is 0 Å². The molecule has 1 heterocycles. The second-order valence-corrected chi connectivity index (χ2v) is 5.20. The van der Waals surface area contributed by atoms with Crippen LogP contribution in [0.15, 0.2) is 41.0 Å². The summed E-state index contributed by atoms with van der Waals surface area (Å²) in [5.74, 6) is 0.726. The Kier molecular flexibility index (Phi) is 5.05. The third-order valence-corrected chi connectivity index (χ3v) is 3.76. The molecule has 0 bridgehead atoms. The molecule has 0 unspecified atom stereocenters. The number of carbonyl (C=O) groups excluding carboxylic acids is 1. The molecule has 0 saturated carbocycles. The van der Waals surface area contributed by atoms with Crippen molar-refractivity contribution >= 4 is 23.5 Å². The first-order valence-electron chi connectivity index (χ1n) is 6.16. The molecule has 1 aromatic heterocycles. The second-order valence-electron chi connectivity index (χ2n) is 4.22. The largest absolute Gasteiger partial charge is 0.496 e. The standard InChI is InChI=1S/C15H14O5S/c1-19-14-5-4-10(15(17)18)7-12(14)13(16)9-21-8-11-3-2-6-20-11/h2-7H,8-9H2,1H3,(H,17,18). The third kappa shape index (κ3) is 3.88. The summed E-state index contributed by atoms with van der Waals surface area (Å²) in [7, 11) is 1.45. The van der Waals surface area contributed by atoms with E-state index in [9.17, 15) is 9.59 Å². The van der Waals surface area contributed by atoms with Crippen LogP contribution in [0.4, 0.5) is 0 Å². The quantitative estimate of drug-likeness (QED) is 0.792. The normalized spacial score (nSPS) is 10.3. The Bertz CT molecular complexity index is 634. The summed E-state index contributed by atoms with van der Waals surface area (Å²) in [5, 5.41) is 8.99. The van der Waals surface area contributed by atoms with Gasteiger partial charge >= 0.3 is 5.97 Å². The maximum absolute atomic E-state index is 12.2. The highest BCUT2D eigenvalue weighted by atomic mass is 32.2. The molecule has 21 heavy (non-hydrogen) atoms. The van der Waals surface area contributed by atoms with Gasteiger partial charge in [0.25, 0.3) is 0 Å². The number of rotatable bonds is 7. The van der Waals surface area contributed by atoms with Crippen molar-refractivity contribution in [1.29, 1.82) is 0 Å². The lowest BCUT2D eigenvalue weighted by Crippen LogP contribution is -2.08. The minimum Gasteiger partial charge on any atom is -0.496 e. The van der Waals surface area contributed by atoms with E-state index in [0.717, 1.165) is 5.76 Å². The van der Waals surface area contributed by atoms with Crippen molar-refractivity contribution in [2.24, 2.45) is 0 Å². The average Bonchev–Trinajstić information content (AvgIpc) is 2.99. The van der Waals surface area contributed by atoms with Gasteiger partial charge in [-0.2, -0.15) is 0 Å². The number of ketones is 1. The van der Waals surface area contributed by atoms with Gasteiger partial charge in [-0.25, -0.2) is 4.79 Å². The molecule has 1 aromatic carbocycles. The monoisotopic (exact) mass is 306 g/mol. The number of hydrogen-bond donors (Lipinski definition) is 1. The molecule has 0 fully saturated rings. The molecule has 2 rings (SSSR count). The van der Waals surface area contributed by atoms with Crippen LogP contribution in [0.1, 0.15) is 26.5 Å². The van der Waals surface area contributed by atoms with E-state index in [1.54, 1.807) is 12.3 Å². The number of ether oxygens (including phenoxy) is 1. The van der Waals surface area contributed by atoms with Gasteiger partial charge in [-0.15, -0.1) is 11.8 Å². The molecule has 0 amide bonds. The van der Waals surface area contributed by atoms with Crippen LogP contribution in [0, 0.1) is 0 Å². The Balaban J connectivity index is 2.06. The molecule has 110 valence electrons. The SMILES string of the molecule is COc1ccc(C(=O)O)cc1C(=O)CSCc1ccco1. The number of Topliss-reactive ketones (excluding diaryl/α,β-unsaturated/α-hetero) is 1. The van der Waals surface area contributed by atoms with Crippen LogP contribution in [0.2, 0.25) is 0 Å². The van der Waals surface area contributed by atoms with Gasteiger partial charge in [0.15, 0.2) is 5.78 Å². The fourth-order valence-electron chi connectivity index (χ4n) is 1.78. The molecular formula is C15H14O5S. The van der Waals surface area contributed by atoms with Crippen LogP contribution in [0.3, 0.4) is 0 Å². The molecule has 2 aromatic rings. The fourth-order valence-corrected chi connectivity index (χ4v) is 2.58. The number of carbonyl (C=O) groups is 2. The summed E-state index contributed by atoms with van der Waals surface area (Å²) < 4.78 is 10.3. The van der Waals surface area contributed by atoms with E-state index in [0.29, 0.717) is 11.5 Å². The van der Waals surface area contributed by atoms with Gasteiger partial charge in [0.1, 0.15) is 11.5 Å². The van der Waals surface area contributed by atoms with E-state index >= 15 is 0 Å². The number of carboxylic acids is 1. The first-order chi connectivity index (χ1) is 10.1. The summed E-state index contributed by atoms with van der Waals surface area (Å²) in [4.78, 5) is 23.2. The molecule has 0 spiro atoms. The number of thioether (sulfide) groups is 1. The molecule has 1 N–H and O–H groups in total. The van der Waals surface area contributed by atoms with Gasteiger partial charge in [0, 0.05) is 0 Å². The van der Waals surface area contributed by atoms with Crippen molar-refractivity contribution in [1.82, 2.24) is 0 Å². The van der Waals surface area contributed by atoms with Crippen LogP contribution >= 0.6 is 11.8 Å². The molecule has 0 aliphatic carbocycles. The van der Waals surface area contributed by atoms with Crippen molar-refractivity contribution in [3.63, 3.8) is 0 Å². The molecule has 0 atom stereocenters. The highest BCUT2D eigenvalue weighted by Gasteiger charge is 2.15. The fraction of sp³-hybridized carbons (Fsp3) is 0.200. The topological polar surface area (TPSA) is 76.7 Å². The zero-order valence-corrected chi connectivity index (χ0v) is 12.2. The maximum atomic E-state index is 12.2. The van der Waals surface area contributed by atoms with E-state index in [4.69, 9.17) is 14.3 Å². The number of furan rings is 1. The molecule has 0 radical (unpaired) electrons. The third-order valence-electron chi connectivity index (χ3n) is 2.80. The Hall–Kier alpha value is -2.21. The Labute approximate surface area is 125 Å². The van der Waals surface area contributed by atoms with Crippen LogP contribution < -0.4 is 4.74 Å². The van der Waals surface area contributed by atoms with E-state index in [-0.39, 0.29) is 22.7 Å². The molecule has 0 aliphatic heterocycles. The summed E-state index contributed by atoms with van der Waals surface area (Å²) >= 11 is 1.40. The number of aromatic carboxylic acids is 1. The van der Waals surface area contributed by atoms with E-state index in [1.807, 2.05) is 6.07 Å². The minimum atomic E-state index is -1.07.